The standard InChI is InChI=1S/C16H24O3/c1-14(2)8-5-9-15(3)12(14)7-6-11-10-13(17)19-16(11,15)18-4/h10,12H,5-9H2,1-4H3/t12-,15-,16-/m0/s1. The van der Waals surface area contributed by atoms with Crippen LogP contribution in [0.1, 0.15) is 52.9 Å². The number of ether oxygens (including phenoxy) is 2. The van der Waals surface area contributed by atoms with Gasteiger partial charge in [0, 0.05) is 24.2 Å². The molecule has 0 saturated heterocycles. The fraction of sp³-hybridized carbons (Fsp3) is 0.812. The predicted molar refractivity (Wildman–Crippen MR) is 72.4 cm³/mol. The van der Waals surface area contributed by atoms with Gasteiger partial charge in [-0.2, -0.15) is 0 Å². The van der Waals surface area contributed by atoms with Gasteiger partial charge in [-0.3, -0.25) is 0 Å². The third-order valence-corrected chi connectivity index (χ3v) is 5.93. The summed E-state index contributed by atoms with van der Waals surface area (Å²) in [4.78, 5) is 11.8. The number of esters is 1. The molecular weight excluding hydrogens is 240 g/mol. The lowest BCUT2D eigenvalue weighted by atomic mass is 9.49. The molecule has 2 saturated carbocycles. The molecule has 19 heavy (non-hydrogen) atoms. The van der Waals surface area contributed by atoms with Crippen molar-refractivity contribution in [2.45, 2.75) is 58.7 Å². The first kappa shape index (κ1) is 13.2. The van der Waals surface area contributed by atoms with E-state index in [0.29, 0.717) is 11.3 Å². The van der Waals surface area contributed by atoms with Gasteiger partial charge < -0.3 is 9.47 Å². The summed E-state index contributed by atoms with van der Waals surface area (Å²) in [6.07, 6.45) is 7.21. The van der Waals surface area contributed by atoms with Gasteiger partial charge in [-0.1, -0.05) is 27.2 Å². The van der Waals surface area contributed by atoms with Gasteiger partial charge in [0.1, 0.15) is 0 Å². The fourth-order valence-corrected chi connectivity index (χ4v) is 5.13. The number of carbonyl (C=O) groups excluding carboxylic acids is 1. The highest BCUT2D eigenvalue weighted by atomic mass is 16.7. The molecule has 0 aromatic carbocycles. The minimum atomic E-state index is -0.801. The normalized spacial score (nSPS) is 44.1. The van der Waals surface area contributed by atoms with Crippen LogP contribution in [0.3, 0.4) is 0 Å². The van der Waals surface area contributed by atoms with Crippen molar-refractivity contribution in [2.24, 2.45) is 16.7 Å². The highest BCUT2D eigenvalue weighted by molar-refractivity contribution is 5.86. The number of rotatable bonds is 1. The third-order valence-electron chi connectivity index (χ3n) is 5.93. The molecule has 106 valence electrons. The van der Waals surface area contributed by atoms with E-state index < -0.39 is 5.79 Å². The second-order valence-electron chi connectivity index (χ2n) is 7.26. The highest BCUT2D eigenvalue weighted by Gasteiger charge is 2.66. The summed E-state index contributed by atoms with van der Waals surface area (Å²) in [6.45, 7) is 6.96. The minimum Gasteiger partial charge on any atom is -0.425 e. The lowest BCUT2D eigenvalue weighted by molar-refractivity contribution is -0.280. The number of hydrogen-bond donors (Lipinski definition) is 0. The van der Waals surface area contributed by atoms with E-state index in [2.05, 4.69) is 20.8 Å². The summed E-state index contributed by atoms with van der Waals surface area (Å²) in [5.41, 5.74) is 1.25. The van der Waals surface area contributed by atoms with Crippen LogP contribution in [0.5, 0.6) is 0 Å². The van der Waals surface area contributed by atoms with E-state index in [1.165, 1.54) is 12.8 Å². The van der Waals surface area contributed by atoms with Crippen molar-refractivity contribution < 1.29 is 14.3 Å². The Labute approximate surface area is 115 Å². The number of methoxy groups -OCH3 is 1. The molecular formula is C16H24O3. The Kier molecular flexibility index (Phi) is 2.66. The predicted octanol–water partition coefficient (Wildman–Crippen LogP) is 3.44. The van der Waals surface area contributed by atoms with E-state index in [1.54, 1.807) is 13.2 Å². The molecule has 0 spiro atoms. The molecule has 0 aromatic heterocycles. The van der Waals surface area contributed by atoms with Crippen LogP contribution < -0.4 is 0 Å². The first-order chi connectivity index (χ1) is 8.86. The van der Waals surface area contributed by atoms with Crippen LogP contribution in [0.2, 0.25) is 0 Å². The van der Waals surface area contributed by atoms with Gasteiger partial charge in [0.05, 0.1) is 0 Å². The van der Waals surface area contributed by atoms with Crippen molar-refractivity contribution in [1.29, 1.82) is 0 Å². The Morgan fingerprint density at radius 2 is 2.05 bits per heavy atom. The van der Waals surface area contributed by atoms with Crippen LogP contribution >= 0.6 is 0 Å². The van der Waals surface area contributed by atoms with E-state index in [1.807, 2.05) is 0 Å². The van der Waals surface area contributed by atoms with E-state index in [0.717, 1.165) is 24.8 Å². The quantitative estimate of drug-likeness (QED) is 0.681. The van der Waals surface area contributed by atoms with Gasteiger partial charge in [0.15, 0.2) is 0 Å². The van der Waals surface area contributed by atoms with Crippen LogP contribution in [0.15, 0.2) is 11.6 Å². The molecule has 3 atom stereocenters. The molecule has 0 N–H and O–H groups in total. The molecule has 3 nitrogen and oxygen atoms in total. The van der Waals surface area contributed by atoms with E-state index >= 15 is 0 Å². The average molecular weight is 264 g/mol. The molecule has 1 heterocycles. The van der Waals surface area contributed by atoms with Crippen molar-refractivity contribution >= 4 is 5.97 Å². The van der Waals surface area contributed by atoms with Crippen LogP contribution in [0, 0.1) is 16.7 Å². The minimum absolute atomic E-state index is 0.0975. The summed E-state index contributed by atoms with van der Waals surface area (Å²) in [7, 11) is 1.68. The molecule has 0 amide bonds. The first-order valence-corrected chi connectivity index (χ1v) is 7.35. The van der Waals surface area contributed by atoms with Crippen molar-refractivity contribution in [3.05, 3.63) is 11.6 Å². The highest BCUT2D eigenvalue weighted by Crippen LogP contribution is 2.64. The van der Waals surface area contributed by atoms with Crippen molar-refractivity contribution in [1.82, 2.24) is 0 Å². The van der Waals surface area contributed by atoms with Crippen LogP contribution in [-0.4, -0.2) is 18.9 Å². The Bertz CT molecular complexity index is 451. The molecule has 0 bridgehead atoms. The van der Waals surface area contributed by atoms with Gasteiger partial charge in [-0.05, 0) is 37.0 Å². The maximum Gasteiger partial charge on any atom is 0.333 e. The van der Waals surface area contributed by atoms with Crippen molar-refractivity contribution in [3.8, 4) is 0 Å². The van der Waals surface area contributed by atoms with Gasteiger partial charge in [0.25, 0.3) is 0 Å². The van der Waals surface area contributed by atoms with E-state index in [-0.39, 0.29) is 11.4 Å². The zero-order valence-corrected chi connectivity index (χ0v) is 12.4. The zero-order valence-electron chi connectivity index (χ0n) is 12.4. The molecule has 2 fully saturated rings. The maximum absolute atomic E-state index is 11.8. The summed E-state index contributed by atoms with van der Waals surface area (Å²) < 4.78 is 11.5. The zero-order chi connectivity index (χ0) is 13.9. The topological polar surface area (TPSA) is 35.5 Å². The number of fused-ring (bicyclic) bond motifs is 3. The van der Waals surface area contributed by atoms with Crippen LogP contribution in [0.4, 0.5) is 0 Å². The third kappa shape index (κ3) is 1.51. The second-order valence-corrected chi connectivity index (χ2v) is 7.26. The lowest BCUT2D eigenvalue weighted by Crippen LogP contribution is -2.61. The van der Waals surface area contributed by atoms with Crippen molar-refractivity contribution in [2.75, 3.05) is 7.11 Å². The molecule has 0 aromatic rings. The smallest absolute Gasteiger partial charge is 0.333 e. The summed E-state index contributed by atoms with van der Waals surface area (Å²) in [6, 6.07) is 0. The molecule has 2 aliphatic carbocycles. The number of carbonyl (C=O) groups is 1. The van der Waals surface area contributed by atoms with Gasteiger partial charge in [-0.15, -0.1) is 0 Å². The summed E-state index contributed by atoms with van der Waals surface area (Å²) >= 11 is 0. The van der Waals surface area contributed by atoms with Crippen LogP contribution in [-0.2, 0) is 14.3 Å². The van der Waals surface area contributed by atoms with Gasteiger partial charge in [0.2, 0.25) is 5.79 Å². The SMILES string of the molecule is CO[C@]12OC(=O)C=C1CC[C@H]1C(C)(C)CCC[C@@]12C. The molecule has 3 rings (SSSR count). The maximum atomic E-state index is 11.8. The van der Waals surface area contributed by atoms with E-state index in [9.17, 15) is 4.79 Å². The average Bonchev–Trinajstić information content (AvgIpc) is 2.66. The molecule has 0 radical (unpaired) electrons. The van der Waals surface area contributed by atoms with E-state index in [4.69, 9.17) is 9.47 Å². The molecule has 3 aliphatic rings. The molecule has 1 aliphatic heterocycles. The second kappa shape index (κ2) is 3.85. The Balaban J connectivity index is 2.10. The van der Waals surface area contributed by atoms with Crippen LogP contribution in [0.25, 0.3) is 0 Å². The lowest BCUT2D eigenvalue weighted by Gasteiger charge is -2.60. The van der Waals surface area contributed by atoms with Gasteiger partial charge >= 0.3 is 5.97 Å². The monoisotopic (exact) mass is 264 g/mol. The largest absolute Gasteiger partial charge is 0.425 e. The fourth-order valence-electron chi connectivity index (χ4n) is 5.13. The molecule has 0 unspecified atom stereocenters. The van der Waals surface area contributed by atoms with Gasteiger partial charge in [-0.25, -0.2) is 4.79 Å². The number of hydrogen-bond acceptors (Lipinski definition) is 3. The summed E-state index contributed by atoms with van der Waals surface area (Å²) in [5.74, 6) is -0.496. The Morgan fingerprint density at radius 3 is 2.74 bits per heavy atom. The Morgan fingerprint density at radius 1 is 1.32 bits per heavy atom. The Hall–Kier alpha value is -0.830. The first-order valence-electron chi connectivity index (χ1n) is 7.35. The van der Waals surface area contributed by atoms with Crippen molar-refractivity contribution in [3.63, 3.8) is 0 Å². The molecule has 3 heteroatoms. The summed E-state index contributed by atoms with van der Waals surface area (Å²) in [5, 5.41) is 0.